The Morgan fingerprint density at radius 2 is 1.88 bits per heavy atom. The van der Waals surface area contributed by atoms with Crippen molar-refractivity contribution in [3.05, 3.63) is 77.6 Å². The number of benzene rings is 1. The highest BCUT2D eigenvalue weighted by molar-refractivity contribution is 6.10. The number of hydrogen-bond acceptors (Lipinski definition) is 5. The van der Waals surface area contributed by atoms with Crippen LogP contribution in [0.1, 0.15) is 41.9 Å². The summed E-state index contributed by atoms with van der Waals surface area (Å²) in [6.07, 6.45) is 11.2. The minimum atomic E-state index is 0.557. The Kier molecular flexibility index (Phi) is 5.90. The van der Waals surface area contributed by atoms with Crippen molar-refractivity contribution >= 4 is 23.4 Å². The van der Waals surface area contributed by atoms with E-state index in [9.17, 15) is 0 Å². The number of fused-ring (bicyclic) bond motifs is 2. The highest BCUT2D eigenvalue weighted by Gasteiger charge is 2.25. The number of rotatable bonds is 4. The SMILES string of the molecule is Cc1cn(-c2ccc(C=CC3=NCC4CCCN(c5ccccc5C)C(=N3)C4)nc2C)cn1. The van der Waals surface area contributed by atoms with E-state index >= 15 is 0 Å². The third-order valence-corrected chi connectivity index (χ3v) is 6.41. The van der Waals surface area contributed by atoms with E-state index in [2.05, 4.69) is 47.1 Å². The Labute approximate surface area is 195 Å². The van der Waals surface area contributed by atoms with Crippen LogP contribution >= 0.6 is 0 Å². The van der Waals surface area contributed by atoms with Crippen molar-refractivity contribution in [1.82, 2.24) is 14.5 Å². The first-order valence-corrected chi connectivity index (χ1v) is 11.7. The van der Waals surface area contributed by atoms with E-state index in [-0.39, 0.29) is 0 Å². The normalized spacial score (nSPS) is 18.6. The molecule has 1 fully saturated rings. The topological polar surface area (TPSA) is 58.7 Å². The van der Waals surface area contributed by atoms with Gasteiger partial charge in [0.25, 0.3) is 0 Å². The van der Waals surface area contributed by atoms with Crippen LogP contribution in [0.2, 0.25) is 0 Å². The van der Waals surface area contributed by atoms with Crippen LogP contribution in [0.25, 0.3) is 11.8 Å². The van der Waals surface area contributed by atoms with E-state index in [4.69, 9.17) is 15.0 Å². The summed E-state index contributed by atoms with van der Waals surface area (Å²) in [6, 6.07) is 12.7. The van der Waals surface area contributed by atoms with E-state index in [1.54, 1.807) is 0 Å². The molecule has 6 nitrogen and oxygen atoms in total. The van der Waals surface area contributed by atoms with E-state index in [1.807, 2.05) is 49.2 Å². The molecule has 0 amide bonds. The molecule has 0 aliphatic carbocycles. The molecule has 1 aromatic carbocycles. The van der Waals surface area contributed by atoms with Crippen LogP contribution in [0.5, 0.6) is 0 Å². The second kappa shape index (κ2) is 9.14. The van der Waals surface area contributed by atoms with Crippen LogP contribution < -0.4 is 4.90 Å². The smallest absolute Gasteiger partial charge is 0.149 e. The Balaban J connectivity index is 1.41. The Morgan fingerprint density at radius 1 is 1.00 bits per heavy atom. The Bertz CT molecular complexity index is 1250. The number of aryl methyl sites for hydroxylation is 3. The second-order valence-corrected chi connectivity index (χ2v) is 8.97. The van der Waals surface area contributed by atoms with Gasteiger partial charge in [-0.2, -0.15) is 0 Å². The summed E-state index contributed by atoms with van der Waals surface area (Å²) in [5.41, 5.74) is 6.43. The molecule has 4 heterocycles. The molecule has 2 aromatic heterocycles. The lowest BCUT2D eigenvalue weighted by Crippen LogP contribution is -2.31. The van der Waals surface area contributed by atoms with Crippen LogP contribution in [0.3, 0.4) is 0 Å². The summed E-state index contributed by atoms with van der Waals surface area (Å²) in [6.45, 7) is 8.03. The molecular weight excluding hydrogens is 408 g/mol. The molecule has 1 unspecified atom stereocenters. The van der Waals surface area contributed by atoms with Crippen LogP contribution in [0.4, 0.5) is 5.69 Å². The maximum atomic E-state index is 5.03. The van der Waals surface area contributed by atoms with E-state index < -0.39 is 0 Å². The summed E-state index contributed by atoms with van der Waals surface area (Å²) < 4.78 is 2.01. The molecule has 0 N–H and O–H groups in total. The summed E-state index contributed by atoms with van der Waals surface area (Å²) in [5, 5.41) is 0. The van der Waals surface area contributed by atoms with Gasteiger partial charge in [-0.25, -0.2) is 9.98 Å². The first kappa shape index (κ1) is 21.3. The molecule has 2 aliphatic heterocycles. The number of amidine groups is 2. The largest absolute Gasteiger partial charge is 0.330 e. The molecule has 33 heavy (non-hydrogen) atoms. The van der Waals surface area contributed by atoms with Gasteiger partial charge in [0.1, 0.15) is 11.7 Å². The number of imidazole rings is 1. The Hall–Kier alpha value is -3.54. The van der Waals surface area contributed by atoms with Crippen LogP contribution in [0.15, 0.2) is 65.0 Å². The van der Waals surface area contributed by atoms with Gasteiger partial charge in [0.05, 0.1) is 29.1 Å². The first-order valence-electron chi connectivity index (χ1n) is 11.7. The van der Waals surface area contributed by atoms with Crippen molar-refractivity contribution in [1.29, 1.82) is 0 Å². The maximum absolute atomic E-state index is 5.03. The quantitative estimate of drug-likeness (QED) is 0.554. The van der Waals surface area contributed by atoms with Crippen molar-refractivity contribution in [2.24, 2.45) is 15.9 Å². The maximum Gasteiger partial charge on any atom is 0.149 e. The van der Waals surface area contributed by atoms with Gasteiger partial charge in [-0.15, -0.1) is 0 Å². The molecule has 6 heteroatoms. The van der Waals surface area contributed by atoms with Crippen LogP contribution in [-0.2, 0) is 0 Å². The number of anilines is 1. The number of para-hydroxylation sites is 1. The predicted molar refractivity (Wildman–Crippen MR) is 135 cm³/mol. The van der Waals surface area contributed by atoms with Gasteiger partial charge in [0.15, 0.2) is 0 Å². The fourth-order valence-electron chi connectivity index (χ4n) is 4.66. The van der Waals surface area contributed by atoms with Crippen molar-refractivity contribution in [2.45, 2.75) is 40.0 Å². The van der Waals surface area contributed by atoms with Gasteiger partial charge in [0, 0.05) is 31.4 Å². The fraction of sp³-hybridized carbons (Fsp3) is 0.333. The van der Waals surface area contributed by atoms with Gasteiger partial charge in [0.2, 0.25) is 0 Å². The zero-order valence-corrected chi connectivity index (χ0v) is 19.6. The average molecular weight is 439 g/mol. The molecule has 2 bridgehead atoms. The number of aromatic nitrogens is 3. The summed E-state index contributed by atoms with van der Waals surface area (Å²) in [7, 11) is 0. The van der Waals surface area contributed by atoms with Crippen LogP contribution in [-0.4, -0.2) is 39.3 Å². The molecule has 168 valence electrons. The second-order valence-electron chi connectivity index (χ2n) is 8.97. The van der Waals surface area contributed by atoms with Gasteiger partial charge in [-0.1, -0.05) is 18.2 Å². The number of hydrogen-bond donors (Lipinski definition) is 0. The lowest BCUT2D eigenvalue weighted by molar-refractivity contribution is 0.517. The third kappa shape index (κ3) is 4.65. The number of pyridine rings is 1. The van der Waals surface area contributed by atoms with E-state index in [0.717, 1.165) is 54.0 Å². The number of aliphatic imine (C=N–C) groups is 2. The highest BCUT2D eigenvalue weighted by Crippen LogP contribution is 2.28. The zero-order chi connectivity index (χ0) is 22.8. The highest BCUT2D eigenvalue weighted by atomic mass is 15.2. The monoisotopic (exact) mass is 438 g/mol. The molecule has 1 saturated heterocycles. The molecule has 0 spiro atoms. The minimum Gasteiger partial charge on any atom is -0.330 e. The zero-order valence-electron chi connectivity index (χ0n) is 19.6. The molecule has 0 radical (unpaired) electrons. The average Bonchev–Trinajstić information content (AvgIpc) is 3.02. The van der Waals surface area contributed by atoms with Crippen molar-refractivity contribution < 1.29 is 0 Å². The lowest BCUT2D eigenvalue weighted by atomic mass is 10.0. The molecule has 1 atom stereocenters. The third-order valence-electron chi connectivity index (χ3n) is 6.41. The summed E-state index contributed by atoms with van der Waals surface area (Å²) in [4.78, 5) is 21.4. The summed E-state index contributed by atoms with van der Waals surface area (Å²) >= 11 is 0. The predicted octanol–water partition coefficient (Wildman–Crippen LogP) is 5.32. The Morgan fingerprint density at radius 3 is 2.67 bits per heavy atom. The number of nitrogens with zero attached hydrogens (tertiary/aromatic N) is 6. The molecular formula is C27H30N6. The van der Waals surface area contributed by atoms with Gasteiger partial charge >= 0.3 is 0 Å². The fourth-order valence-corrected chi connectivity index (χ4v) is 4.66. The van der Waals surface area contributed by atoms with Gasteiger partial charge < -0.3 is 9.47 Å². The molecule has 2 aliphatic rings. The molecule has 0 saturated carbocycles. The van der Waals surface area contributed by atoms with Gasteiger partial charge in [-0.3, -0.25) is 9.98 Å². The van der Waals surface area contributed by atoms with Crippen LogP contribution in [0, 0.1) is 26.7 Å². The van der Waals surface area contributed by atoms with Crippen molar-refractivity contribution in [2.75, 3.05) is 18.0 Å². The lowest BCUT2D eigenvalue weighted by Gasteiger charge is -2.26. The molecule has 3 aromatic rings. The standard InChI is InChI=1S/C27H30N6/c1-19-7-4-5-9-24(19)33-14-6-8-22-15-27(33)31-26(28-16-22)13-11-23-10-12-25(21(3)30-23)32-17-20(2)29-18-32/h4-5,7,9-13,17-18,22H,6,8,14-16H2,1-3H3. The van der Waals surface area contributed by atoms with E-state index in [1.165, 1.54) is 24.1 Å². The minimum absolute atomic E-state index is 0.557. The van der Waals surface area contributed by atoms with Gasteiger partial charge in [-0.05, 0) is 75.4 Å². The molecule has 5 rings (SSSR count). The summed E-state index contributed by atoms with van der Waals surface area (Å²) in [5.74, 6) is 2.46. The van der Waals surface area contributed by atoms with Crippen molar-refractivity contribution in [3.63, 3.8) is 0 Å². The first-order chi connectivity index (χ1) is 16.1. The van der Waals surface area contributed by atoms with E-state index in [0.29, 0.717) is 5.92 Å². The van der Waals surface area contributed by atoms with Crippen molar-refractivity contribution in [3.8, 4) is 5.69 Å².